The van der Waals surface area contributed by atoms with E-state index in [1.165, 1.54) is 24.4 Å². The van der Waals surface area contributed by atoms with E-state index in [1.807, 2.05) is 30.3 Å². The van der Waals surface area contributed by atoms with Crippen molar-refractivity contribution in [2.24, 2.45) is 0 Å². The highest BCUT2D eigenvalue weighted by molar-refractivity contribution is 6.38. The number of aromatic nitrogens is 2. The highest BCUT2D eigenvalue weighted by Gasteiger charge is 2.36. The van der Waals surface area contributed by atoms with Crippen LogP contribution < -0.4 is 10.1 Å². The van der Waals surface area contributed by atoms with Crippen LogP contribution in [0, 0.1) is 0 Å². The average molecular weight is 543 g/mol. The van der Waals surface area contributed by atoms with Crippen LogP contribution in [0.25, 0.3) is 11.0 Å². The third kappa shape index (κ3) is 5.31. The van der Waals surface area contributed by atoms with Gasteiger partial charge in [0.25, 0.3) is 11.8 Å². The van der Waals surface area contributed by atoms with Gasteiger partial charge in [0.2, 0.25) is 0 Å². The molecule has 196 valence electrons. The fourth-order valence-corrected chi connectivity index (χ4v) is 5.04. The number of piperidine rings is 1. The Bertz CT molecular complexity index is 1480. The van der Waals surface area contributed by atoms with E-state index in [1.54, 1.807) is 17.2 Å². The summed E-state index contributed by atoms with van der Waals surface area (Å²) in [6, 6.07) is 15.8. The first-order chi connectivity index (χ1) is 18.2. The van der Waals surface area contributed by atoms with Gasteiger partial charge in [-0.25, -0.2) is 4.98 Å². The highest BCUT2D eigenvalue weighted by Crippen LogP contribution is 2.32. The molecule has 1 saturated heterocycles. The molecule has 0 spiro atoms. The second-order valence-electron chi connectivity index (χ2n) is 8.91. The Kier molecular flexibility index (Phi) is 6.98. The number of carbonyl (C=O) groups excluding carboxylic acids is 2. The van der Waals surface area contributed by atoms with Gasteiger partial charge in [0, 0.05) is 42.8 Å². The molecular formula is C27H22ClF3N4O3. The topological polar surface area (TPSA) is 87.3 Å². The molecule has 3 heterocycles. The molecule has 1 aliphatic heterocycles. The molecule has 0 bridgehead atoms. The third-order valence-corrected chi connectivity index (χ3v) is 6.96. The lowest BCUT2D eigenvalue weighted by molar-refractivity contribution is -0.274. The second-order valence-corrected chi connectivity index (χ2v) is 9.28. The van der Waals surface area contributed by atoms with Gasteiger partial charge in [0.15, 0.2) is 0 Å². The summed E-state index contributed by atoms with van der Waals surface area (Å²) < 4.78 is 42.7. The Morgan fingerprint density at radius 2 is 1.79 bits per heavy atom. The summed E-state index contributed by atoms with van der Waals surface area (Å²) in [5, 5.41) is 3.81. The maximum atomic E-state index is 13.5. The number of aromatic amines is 1. The molecule has 1 fully saturated rings. The number of carbonyl (C=O) groups is 2. The Hall–Kier alpha value is -4.05. The summed E-state index contributed by atoms with van der Waals surface area (Å²) in [5.74, 6) is -1.89. The number of benzene rings is 2. The largest absolute Gasteiger partial charge is 0.573 e. The number of H-pyrrole nitrogens is 1. The molecule has 0 aliphatic carbocycles. The first-order valence-corrected chi connectivity index (χ1v) is 12.2. The van der Waals surface area contributed by atoms with Crippen molar-refractivity contribution in [1.29, 1.82) is 0 Å². The SMILES string of the molecule is O=C(N[C@@H]1CCN(C(=O)c2cnc3[nH]ccc3c2Cl)C[C@@H]1c1ccccc1)c1ccccc1OC(F)(F)F. The van der Waals surface area contributed by atoms with Gasteiger partial charge in [-0.05, 0) is 30.2 Å². The van der Waals surface area contributed by atoms with Crippen molar-refractivity contribution >= 4 is 34.4 Å². The Morgan fingerprint density at radius 1 is 1.05 bits per heavy atom. The van der Waals surface area contributed by atoms with Gasteiger partial charge in [0.05, 0.1) is 16.1 Å². The number of nitrogens with zero attached hydrogens (tertiary/aromatic N) is 2. The van der Waals surface area contributed by atoms with Crippen LogP contribution in [-0.2, 0) is 0 Å². The summed E-state index contributed by atoms with van der Waals surface area (Å²) in [5.41, 5.74) is 1.49. The van der Waals surface area contributed by atoms with Gasteiger partial charge in [-0.1, -0.05) is 54.1 Å². The minimum atomic E-state index is -4.94. The van der Waals surface area contributed by atoms with Crippen molar-refractivity contribution in [3.8, 4) is 5.75 Å². The molecule has 2 atom stereocenters. The molecule has 2 amide bonds. The average Bonchev–Trinajstić information content (AvgIpc) is 3.39. The molecule has 38 heavy (non-hydrogen) atoms. The van der Waals surface area contributed by atoms with Gasteiger partial charge in [-0.3, -0.25) is 9.59 Å². The number of amides is 2. The van der Waals surface area contributed by atoms with E-state index < -0.39 is 24.1 Å². The molecule has 5 rings (SSSR count). The zero-order chi connectivity index (χ0) is 26.9. The fourth-order valence-electron chi connectivity index (χ4n) is 4.76. The molecule has 1 aliphatic rings. The summed E-state index contributed by atoms with van der Waals surface area (Å²) in [4.78, 5) is 35.5. The van der Waals surface area contributed by atoms with Crippen LogP contribution in [-0.4, -0.2) is 52.2 Å². The van der Waals surface area contributed by atoms with Gasteiger partial charge in [-0.15, -0.1) is 13.2 Å². The smallest absolute Gasteiger partial charge is 0.405 e. The summed E-state index contributed by atoms with van der Waals surface area (Å²) in [6.45, 7) is 0.561. The molecule has 0 radical (unpaired) electrons. The van der Waals surface area contributed by atoms with E-state index >= 15 is 0 Å². The molecule has 0 saturated carbocycles. The van der Waals surface area contributed by atoms with Crippen LogP contribution in [0.4, 0.5) is 13.2 Å². The normalized spacial score (nSPS) is 17.8. The van der Waals surface area contributed by atoms with Crippen LogP contribution in [0.15, 0.2) is 73.1 Å². The number of hydrogen-bond acceptors (Lipinski definition) is 4. The standard InChI is InChI=1S/C27H22ClF3N4O3/c28-23-18-10-12-32-24(18)33-14-19(23)26(37)35-13-11-21(20(15-35)16-6-2-1-3-7-16)34-25(36)17-8-4-5-9-22(17)38-27(29,30)31/h1-10,12,14,20-21H,11,13,15H2,(H,32,33)(H,34,36)/t20-,21-/m1/s1. The van der Waals surface area contributed by atoms with Gasteiger partial charge in [0.1, 0.15) is 11.4 Å². The lowest BCUT2D eigenvalue weighted by atomic mass is 9.85. The quantitative estimate of drug-likeness (QED) is 0.346. The Labute approximate surface area is 220 Å². The lowest BCUT2D eigenvalue weighted by Crippen LogP contribution is -2.51. The Morgan fingerprint density at radius 3 is 2.55 bits per heavy atom. The van der Waals surface area contributed by atoms with Crippen LogP contribution in [0.5, 0.6) is 5.75 Å². The number of fused-ring (bicyclic) bond motifs is 1. The first-order valence-electron chi connectivity index (χ1n) is 11.8. The van der Waals surface area contributed by atoms with Crippen LogP contribution in [0.2, 0.25) is 5.02 Å². The van der Waals surface area contributed by atoms with E-state index in [-0.39, 0.29) is 29.5 Å². The van der Waals surface area contributed by atoms with Crippen LogP contribution >= 0.6 is 11.6 Å². The molecular weight excluding hydrogens is 521 g/mol. The van der Waals surface area contributed by atoms with Crippen molar-refractivity contribution in [2.75, 3.05) is 13.1 Å². The maximum absolute atomic E-state index is 13.5. The molecule has 2 N–H and O–H groups in total. The number of alkyl halides is 3. The molecule has 7 nitrogen and oxygen atoms in total. The van der Waals surface area contributed by atoms with Gasteiger partial charge in [-0.2, -0.15) is 0 Å². The third-order valence-electron chi connectivity index (χ3n) is 6.55. The number of pyridine rings is 1. The predicted molar refractivity (Wildman–Crippen MR) is 135 cm³/mol. The van der Waals surface area contributed by atoms with Crippen LogP contribution in [0.3, 0.4) is 0 Å². The highest BCUT2D eigenvalue weighted by atomic mass is 35.5. The zero-order valence-electron chi connectivity index (χ0n) is 19.8. The molecule has 0 unspecified atom stereocenters. The minimum absolute atomic E-state index is 0.229. The number of ether oxygens (including phenoxy) is 1. The second kappa shape index (κ2) is 10.4. The lowest BCUT2D eigenvalue weighted by Gasteiger charge is -2.39. The van der Waals surface area contributed by atoms with E-state index in [0.717, 1.165) is 11.6 Å². The fraction of sp³-hybridized carbons (Fsp3) is 0.222. The van der Waals surface area contributed by atoms with Crippen molar-refractivity contribution in [2.45, 2.75) is 24.7 Å². The van der Waals surface area contributed by atoms with Crippen molar-refractivity contribution in [3.05, 3.63) is 94.8 Å². The van der Waals surface area contributed by atoms with Gasteiger partial charge >= 0.3 is 6.36 Å². The molecule has 2 aromatic carbocycles. The maximum Gasteiger partial charge on any atom is 0.573 e. The Balaban J connectivity index is 1.39. The minimum Gasteiger partial charge on any atom is -0.405 e. The van der Waals surface area contributed by atoms with E-state index in [2.05, 4.69) is 20.0 Å². The van der Waals surface area contributed by atoms with Crippen molar-refractivity contribution in [3.63, 3.8) is 0 Å². The molecule has 11 heteroatoms. The number of para-hydroxylation sites is 1. The monoisotopic (exact) mass is 542 g/mol. The zero-order valence-corrected chi connectivity index (χ0v) is 20.6. The van der Waals surface area contributed by atoms with E-state index in [4.69, 9.17) is 11.6 Å². The summed E-state index contributed by atoms with van der Waals surface area (Å²) in [6.07, 6.45) is -1.44. The number of halogens is 4. The molecule has 4 aromatic rings. The number of rotatable bonds is 5. The van der Waals surface area contributed by atoms with Crippen molar-refractivity contribution in [1.82, 2.24) is 20.2 Å². The number of nitrogens with one attached hydrogen (secondary N) is 2. The first kappa shape index (κ1) is 25.6. The number of hydrogen-bond donors (Lipinski definition) is 2. The van der Waals surface area contributed by atoms with Crippen LogP contribution in [0.1, 0.15) is 38.6 Å². The van der Waals surface area contributed by atoms with Crippen molar-refractivity contribution < 1.29 is 27.5 Å². The number of likely N-dealkylation sites (tertiary alicyclic amines) is 1. The summed E-state index contributed by atoms with van der Waals surface area (Å²) >= 11 is 6.52. The van der Waals surface area contributed by atoms with Gasteiger partial charge < -0.3 is 19.9 Å². The van der Waals surface area contributed by atoms with E-state index in [9.17, 15) is 22.8 Å². The van der Waals surface area contributed by atoms with E-state index in [0.29, 0.717) is 29.0 Å². The molecule has 2 aromatic heterocycles. The predicted octanol–water partition coefficient (Wildman–Crippen LogP) is 5.54. The summed E-state index contributed by atoms with van der Waals surface area (Å²) in [7, 11) is 0.